The predicted octanol–water partition coefficient (Wildman–Crippen LogP) is 5.11. The van der Waals surface area contributed by atoms with E-state index in [1.54, 1.807) is 0 Å². The van der Waals surface area contributed by atoms with Crippen molar-refractivity contribution in [3.63, 3.8) is 0 Å². The highest BCUT2D eigenvalue weighted by Gasteiger charge is 2.17. The molecule has 0 aliphatic heterocycles. The van der Waals surface area contributed by atoms with E-state index in [0.29, 0.717) is 0 Å². The molecule has 0 atom stereocenters. The van der Waals surface area contributed by atoms with E-state index in [0.717, 1.165) is 56.5 Å². The van der Waals surface area contributed by atoms with Gasteiger partial charge in [-0.1, -0.05) is 0 Å². The summed E-state index contributed by atoms with van der Waals surface area (Å²) in [6.07, 6.45) is 0. The Morgan fingerprint density at radius 3 is 0.957 bits per heavy atom. The number of rotatable bonds is 18. The van der Waals surface area contributed by atoms with Crippen LogP contribution in [0.5, 0.6) is 0 Å². The Balaban J connectivity index is 4.31. The number of hydrogen-bond acceptors (Lipinski definition) is 9. The summed E-state index contributed by atoms with van der Waals surface area (Å²) in [5.41, 5.74) is 0. The highest BCUT2D eigenvalue weighted by Crippen LogP contribution is 2.29. The van der Waals surface area contributed by atoms with Crippen LogP contribution in [0.25, 0.3) is 0 Å². The minimum absolute atomic E-state index is 0.739. The van der Waals surface area contributed by atoms with Crippen LogP contribution in [0.4, 0.5) is 0 Å². The van der Waals surface area contributed by atoms with Crippen LogP contribution in [-0.2, 0) is 0 Å². The third-order valence-electron chi connectivity index (χ3n) is 2.54. The first-order chi connectivity index (χ1) is 11.3. The molecule has 140 valence electrons. The molecule has 0 unspecified atom stereocenters. The van der Waals surface area contributed by atoms with Gasteiger partial charge in [-0.05, 0) is 23.0 Å². The van der Waals surface area contributed by atoms with Crippen molar-refractivity contribution in [2.75, 3.05) is 69.0 Å². The maximum atomic E-state index is 4.33. The van der Waals surface area contributed by atoms with Gasteiger partial charge in [0.15, 0.2) is 0 Å². The fourth-order valence-electron chi connectivity index (χ4n) is 1.64. The first-order valence-corrected chi connectivity index (χ1v) is 15.8. The number of thiol groups is 4. The predicted molar refractivity (Wildman–Crippen MR) is 140 cm³/mol. The second-order valence-electron chi connectivity index (χ2n) is 4.57. The monoisotopic (exact) mass is 486 g/mol. The molecular weight excluding hydrogens is 457 g/mol. The van der Waals surface area contributed by atoms with E-state index in [9.17, 15) is 0 Å². The van der Waals surface area contributed by atoms with Crippen molar-refractivity contribution in [3.8, 4) is 0 Å². The summed E-state index contributed by atoms with van der Waals surface area (Å²) in [5.74, 6) is 13.5. The van der Waals surface area contributed by atoms with Gasteiger partial charge in [-0.2, -0.15) is 109 Å². The van der Waals surface area contributed by atoms with Gasteiger partial charge in [0.2, 0.25) is 0 Å². The zero-order valence-electron chi connectivity index (χ0n) is 13.5. The average Bonchev–Trinajstić information content (AvgIpc) is 2.55. The van der Waals surface area contributed by atoms with Gasteiger partial charge < -0.3 is 0 Å². The molecule has 23 heavy (non-hydrogen) atoms. The molecule has 0 aromatic carbocycles. The Kier molecular flexibility index (Phi) is 24.4. The SMILES string of the molecule is SCCSCC(CSCCS)SC(CSCCS)CSCCS. The zero-order chi connectivity index (χ0) is 17.2. The summed E-state index contributed by atoms with van der Waals surface area (Å²) in [6, 6.07) is 0. The first-order valence-electron chi connectivity index (χ1n) is 7.68. The van der Waals surface area contributed by atoms with E-state index in [1.807, 2.05) is 0 Å². The van der Waals surface area contributed by atoms with Crippen molar-refractivity contribution in [2.45, 2.75) is 10.5 Å². The van der Waals surface area contributed by atoms with Gasteiger partial charge in [0.1, 0.15) is 0 Å². The lowest BCUT2D eigenvalue weighted by Gasteiger charge is -2.23. The van der Waals surface area contributed by atoms with Gasteiger partial charge in [-0.25, -0.2) is 0 Å². The van der Waals surface area contributed by atoms with Crippen molar-refractivity contribution in [2.24, 2.45) is 0 Å². The standard InChI is InChI=1S/C14H30S9/c15-1-5-19-9-13(10-20-6-2-16)23-14(11-21-7-3-17)12-22-8-4-18/h13-18H,1-12H2. The minimum atomic E-state index is 0.739. The summed E-state index contributed by atoms with van der Waals surface area (Å²) in [6.45, 7) is 0. The molecule has 0 nitrogen and oxygen atoms in total. The van der Waals surface area contributed by atoms with Gasteiger partial charge in [0.05, 0.1) is 0 Å². The van der Waals surface area contributed by atoms with Crippen LogP contribution in [0.3, 0.4) is 0 Å². The lowest BCUT2D eigenvalue weighted by molar-refractivity contribution is 1.08. The van der Waals surface area contributed by atoms with E-state index >= 15 is 0 Å². The summed E-state index contributed by atoms with van der Waals surface area (Å²) in [7, 11) is 0. The van der Waals surface area contributed by atoms with Crippen LogP contribution >= 0.6 is 109 Å². The van der Waals surface area contributed by atoms with Gasteiger partial charge in [0, 0.05) is 56.5 Å². The molecule has 0 saturated heterocycles. The second-order valence-corrected chi connectivity index (χ2v) is 12.6. The van der Waals surface area contributed by atoms with Crippen molar-refractivity contribution in [1.29, 1.82) is 0 Å². The lowest BCUT2D eigenvalue weighted by Crippen LogP contribution is -2.21. The first kappa shape index (κ1) is 26.1. The molecule has 9 heteroatoms. The van der Waals surface area contributed by atoms with Crippen molar-refractivity contribution < 1.29 is 0 Å². The van der Waals surface area contributed by atoms with E-state index < -0.39 is 0 Å². The van der Waals surface area contributed by atoms with Crippen LogP contribution in [0.1, 0.15) is 0 Å². The van der Waals surface area contributed by atoms with E-state index in [1.165, 1.54) is 23.0 Å². The molecular formula is C14H30S9. The fourth-order valence-corrected chi connectivity index (χ4v) is 9.15. The molecule has 0 spiro atoms. The molecule has 0 heterocycles. The average molecular weight is 487 g/mol. The zero-order valence-corrected chi connectivity index (χ0v) is 21.1. The van der Waals surface area contributed by atoms with Gasteiger partial charge >= 0.3 is 0 Å². The molecule has 0 aromatic rings. The Morgan fingerprint density at radius 2 is 0.739 bits per heavy atom. The van der Waals surface area contributed by atoms with Crippen LogP contribution in [0.2, 0.25) is 0 Å². The maximum Gasteiger partial charge on any atom is 0.0232 e. The number of hydrogen-bond donors (Lipinski definition) is 4. The number of thioether (sulfide) groups is 5. The minimum Gasteiger partial charge on any atom is -0.179 e. The van der Waals surface area contributed by atoms with Gasteiger partial charge in [-0.15, -0.1) is 0 Å². The highest BCUT2D eigenvalue weighted by atomic mass is 32.2. The molecule has 0 saturated carbocycles. The molecule has 0 rings (SSSR count). The van der Waals surface area contributed by atoms with Gasteiger partial charge in [-0.3, -0.25) is 0 Å². The van der Waals surface area contributed by atoms with E-state index in [2.05, 4.69) is 109 Å². The van der Waals surface area contributed by atoms with Crippen LogP contribution in [0.15, 0.2) is 0 Å². The summed E-state index contributed by atoms with van der Waals surface area (Å²) >= 11 is 27.7. The molecule has 0 aliphatic carbocycles. The third-order valence-corrected chi connectivity index (χ3v) is 11.5. The molecule has 0 aromatic heterocycles. The molecule has 0 fully saturated rings. The van der Waals surface area contributed by atoms with E-state index in [-0.39, 0.29) is 0 Å². The fraction of sp³-hybridized carbons (Fsp3) is 1.00. The topological polar surface area (TPSA) is 0 Å². The summed E-state index contributed by atoms with van der Waals surface area (Å²) in [5, 5.41) is 1.48. The molecule has 0 amide bonds. The van der Waals surface area contributed by atoms with Crippen LogP contribution < -0.4 is 0 Å². The van der Waals surface area contributed by atoms with Crippen LogP contribution in [-0.4, -0.2) is 79.5 Å². The summed E-state index contributed by atoms with van der Waals surface area (Å²) < 4.78 is 0. The molecule has 0 aliphatic rings. The van der Waals surface area contributed by atoms with Crippen molar-refractivity contribution in [1.82, 2.24) is 0 Å². The van der Waals surface area contributed by atoms with Crippen LogP contribution in [0, 0.1) is 0 Å². The highest BCUT2D eigenvalue weighted by molar-refractivity contribution is 8.08. The second kappa shape index (κ2) is 21.5. The normalized spacial score (nSPS) is 11.7. The van der Waals surface area contributed by atoms with Gasteiger partial charge in [0.25, 0.3) is 0 Å². The summed E-state index contributed by atoms with van der Waals surface area (Å²) in [4.78, 5) is 0. The van der Waals surface area contributed by atoms with E-state index in [4.69, 9.17) is 0 Å². The molecule has 0 radical (unpaired) electrons. The Labute approximate surface area is 187 Å². The lowest BCUT2D eigenvalue weighted by atomic mass is 10.5. The smallest absolute Gasteiger partial charge is 0.0232 e. The Hall–Kier alpha value is 3.15. The quantitative estimate of drug-likeness (QED) is 0.156. The van der Waals surface area contributed by atoms with Crippen molar-refractivity contribution >= 4 is 109 Å². The third kappa shape index (κ3) is 18.3. The largest absolute Gasteiger partial charge is 0.179 e. The maximum absolute atomic E-state index is 4.33. The molecule has 0 N–H and O–H groups in total. The molecule has 0 bridgehead atoms. The Morgan fingerprint density at radius 1 is 0.478 bits per heavy atom. The Bertz CT molecular complexity index is 188. The van der Waals surface area contributed by atoms with Crippen molar-refractivity contribution in [3.05, 3.63) is 0 Å².